The third kappa shape index (κ3) is 5.42. The maximum atomic E-state index is 12.8. The third-order valence-corrected chi connectivity index (χ3v) is 5.13. The molecule has 0 bridgehead atoms. The first-order valence-corrected chi connectivity index (χ1v) is 10.0. The first-order valence-electron chi connectivity index (χ1n) is 10.0. The van der Waals surface area contributed by atoms with E-state index < -0.39 is 0 Å². The number of anilines is 1. The van der Waals surface area contributed by atoms with Crippen LogP contribution in [0.1, 0.15) is 34.8 Å². The Bertz CT molecular complexity index is 834. The molecule has 1 heterocycles. The number of nitrogens with one attached hydrogen (secondary N) is 1. The van der Waals surface area contributed by atoms with Crippen molar-refractivity contribution in [1.29, 1.82) is 0 Å². The average Bonchev–Trinajstić information content (AvgIpc) is 2.93. The van der Waals surface area contributed by atoms with Gasteiger partial charge >= 0.3 is 0 Å². The Balaban J connectivity index is 1.53. The summed E-state index contributed by atoms with van der Waals surface area (Å²) in [4.78, 5) is 29.2. The molecule has 1 aliphatic heterocycles. The monoisotopic (exact) mass is 379 g/mol. The smallest absolute Gasteiger partial charge is 0.253 e. The fourth-order valence-electron chi connectivity index (χ4n) is 3.57. The highest BCUT2D eigenvalue weighted by Crippen LogP contribution is 2.13. The summed E-state index contributed by atoms with van der Waals surface area (Å²) in [5.74, 6) is 0.0677. The highest BCUT2D eigenvalue weighted by Gasteiger charge is 2.21. The molecule has 0 aliphatic carbocycles. The van der Waals surface area contributed by atoms with E-state index >= 15 is 0 Å². The van der Waals surface area contributed by atoms with E-state index in [4.69, 9.17) is 0 Å². The molecule has 5 nitrogen and oxygen atoms in total. The van der Waals surface area contributed by atoms with E-state index in [-0.39, 0.29) is 11.8 Å². The summed E-state index contributed by atoms with van der Waals surface area (Å²) in [6.07, 6.45) is 1.82. The van der Waals surface area contributed by atoms with Crippen LogP contribution >= 0.6 is 0 Å². The normalized spacial score (nSPS) is 15.1. The summed E-state index contributed by atoms with van der Waals surface area (Å²) in [6.45, 7) is 7.34. The molecular weight excluding hydrogens is 350 g/mol. The van der Waals surface area contributed by atoms with Crippen LogP contribution in [0.15, 0.2) is 48.5 Å². The second-order valence-electron chi connectivity index (χ2n) is 7.39. The molecule has 0 aromatic heterocycles. The van der Waals surface area contributed by atoms with E-state index in [9.17, 15) is 9.59 Å². The van der Waals surface area contributed by atoms with Crippen LogP contribution in [0.25, 0.3) is 0 Å². The lowest BCUT2D eigenvalue weighted by Crippen LogP contribution is -2.38. The number of carbonyl (C=O) groups is 2. The van der Waals surface area contributed by atoms with E-state index in [0.717, 1.165) is 42.7 Å². The molecule has 1 fully saturated rings. The second-order valence-corrected chi connectivity index (χ2v) is 7.39. The number of hydrogen-bond acceptors (Lipinski definition) is 3. The van der Waals surface area contributed by atoms with E-state index in [1.54, 1.807) is 0 Å². The summed E-state index contributed by atoms with van der Waals surface area (Å²) >= 11 is 0. The third-order valence-electron chi connectivity index (χ3n) is 5.13. The summed E-state index contributed by atoms with van der Waals surface area (Å²) < 4.78 is 0. The predicted molar refractivity (Wildman–Crippen MR) is 113 cm³/mol. The van der Waals surface area contributed by atoms with Gasteiger partial charge in [-0.3, -0.25) is 14.5 Å². The van der Waals surface area contributed by atoms with Gasteiger partial charge in [0.15, 0.2) is 0 Å². The topological polar surface area (TPSA) is 52.7 Å². The molecule has 0 unspecified atom stereocenters. The van der Waals surface area contributed by atoms with Crippen molar-refractivity contribution in [2.75, 3.05) is 38.0 Å². The van der Waals surface area contributed by atoms with Crippen LogP contribution in [0, 0.1) is 6.92 Å². The van der Waals surface area contributed by atoms with Crippen LogP contribution in [0.3, 0.4) is 0 Å². The molecule has 5 heteroatoms. The van der Waals surface area contributed by atoms with Crippen molar-refractivity contribution < 1.29 is 9.59 Å². The lowest BCUT2D eigenvalue weighted by Gasteiger charge is -2.22. The zero-order chi connectivity index (χ0) is 19.9. The van der Waals surface area contributed by atoms with Gasteiger partial charge in [0, 0.05) is 37.4 Å². The fourth-order valence-corrected chi connectivity index (χ4v) is 3.57. The van der Waals surface area contributed by atoms with Gasteiger partial charge in [0.25, 0.3) is 5.91 Å². The molecule has 1 N–H and O–H groups in total. The Morgan fingerprint density at radius 1 is 1.00 bits per heavy atom. The van der Waals surface area contributed by atoms with Gasteiger partial charge in [-0.15, -0.1) is 0 Å². The van der Waals surface area contributed by atoms with Crippen LogP contribution in [0.4, 0.5) is 5.69 Å². The number of amides is 2. The molecule has 0 spiro atoms. The van der Waals surface area contributed by atoms with Crippen LogP contribution in [0.5, 0.6) is 0 Å². The van der Waals surface area contributed by atoms with Crippen molar-refractivity contribution in [3.63, 3.8) is 0 Å². The van der Waals surface area contributed by atoms with Crippen LogP contribution in [0.2, 0.25) is 0 Å². The van der Waals surface area contributed by atoms with Crippen molar-refractivity contribution in [2.24, 2.45) is 0 Å². The molecule has 148 valence electrons. The highest BCUT2D eigenvalue weighted by atomic mass is 16.2. The number of hydrogen-bond donors (Lipinski definition) is 1. The van der Waals surface area contributed by atoms with Gasteiger partial charge in [-0.2, -0.15) is 0 Å². The van der Waals surface area contributed by atoms with Crippen molar-refractivity contribution in [3.05, 3.63) is 65.2 Å². The molecule has 0 saturated carbocycles. The minimum Gasteiger partial charge on any atom is -0.337 e. The van der Waals surface area contributed by atoms with E-state index in [2.05, 4.69) is 23.2 Å². The van der Waals surface area contributed by atoms with E-state index in [0.29, 0.717) is 19.6 Å². The van der Waals surface area contributed by atoms with Crippen molar-refractivity contribution in [2.45, 2.75) is 26.7 Å². The standard InChI is InChI=1S/C23H29N3O2/c1-3-19-8-5-10-21(16-19)24-22(27)17-25-11-6-12-26(14-13-25)23(28)20-9-4-7-18(2)15-20/h4-5,7-10,15-16H,3,6,11-14,17H2,1-2H3,(H,24,27). The average molecular weight is 380 g/mol. The van der Waals surface area contributed by atoms with Crippen LogP contribution in [-0.2, 0) is 11.2 Å². The summed E-state index contributed by atoms with van der Waals surface area (Å²) in [5, 5.41) is 2.99. The number of carbonyl (C=O) groups excluding carboxylic acids is 2. The molecule has 2 aromatic carbocycles. The molecular formula is C23H29N3O2. The van der Waals surface area contributed by atoms with Gasteiger partial charge in [-0.1, -0.05) is 36.8 Å². The van der Waals surface area contributed by atoms with Crippen molar-refractivity contribution in [1.82, 2.24) is 9.80 Å². The summed E-state index contributed by atoms with van der Waals surface area (Å²) in [6, 6.07) is 15.7. The minimum absolute atomic E-state index is 0.00767. The maximum absolute atomic E-state index is 12.8. The van der Waals surface area contributed by atoms with Gasteiger partial charge < -0.3 is 10.2 Å². The largest absolute Gasteiger partial charge is 0.337 e. The second kappa shape index (κ2) is 9.51. The quantitative estimate of drug-likeness (QED) is 0.867. The Hall–Kier alpha value is -2.66. The van der Waals surface area contributed by atoms with Gasteiger partial charge in [0.05, 0.1) is 6.54 Å². The summed E-state index contributed by atoms with van der Waals surface area (Å²) in [5.41, 5.74) is 3.88. The Labute approximate surface area is 167 Å². The van der Waals surface area contributed by atoms with Gasteiger partial charge in [0.2, 0.25) is 5.91 Å². The molecule has 3 rings (SSSR count). The summed E-state index contributed by atoms with van der Waals surface area (Å²) in [7, 11) is 0. The minimum atomic E-state index is -0.00767. The Morgan fingerprint density at radius 2 is 1.82 bits per heavy atom. The van der Waals surface area contributed by atoms with Crippen LogP contribution < -0.4 is 5.32 Å². The maximum Gasteiger partial charge on any atom is 0.253 e. The molecule has 2 amide bonds. The lowest BCUT2D eigenvalue weighted by molar-refractivity contribution is -0.117. The number of nitrogens with zero attached hydrogens (tertiary/aromatic N) is 2. The first kappa shape index (κ1) is 20.1. The molecule has 1 saturated heterocycles. The van der Waals surface area contributed by atoms with Gasteiger partial charge in [-0.05, 0) is 49.6 Å². The predicted octanol–water partition coefficient (Wildman–Crippen LogP) is 3.34. The number of rotatable bonds is 5. The Kier molecular flexibility index (Phi) is 6.82. The molecule has 1 aliphatic rings. The lowest BCUT2D eigenvalue weighted by atomic mass is 10.1. The number of aryl methyl sites for hydroxylation is 2. The Morgan fingerprint density at radius 3 is 2.61 bits per heavy atom. The molecule has 0 atom stereocenters. The van der Waals surface area contributed by atoms with Crippen molar-refractivity contribution in [3.8, 4) is 0 Å². The first-order chi connectivity index (χ1) is 13.5. The van der Waals surface area contributed by atoms with Crippen molar-refractivity contribution >= 4 is 17.5 Å². The zero-order valence-corrected chi connectivity index (χ0v) is 16.8. The molecule has 28 heavy (non-hydrogen) atoms. The SMILES string of the molecule is CCc1cccc(NC(=O)CN2CCCN(C(=O)c3cccc(C)c3)CC2)c1. The van der Waals surface area contributed by atoms with Gasteiger partial charge in [-0.25, -0.2) is 0 Å². The fraction of sp³-hybridized carbons (Fsp3) is 0.391. The van der Waals surface area contributed by atoms with Crippen LogP contribution in [-0.4, -0.2) is 54.3 Å². The highest BCUT2D eigenvalue weighted by molar-refractivity contribution is 5.94. The molecule has 2 aromatic rings. The van der Waals surface area contributed by atoms with Gasteiger partial charge in [0.1, 0.15) is 0 Å². The van der Waals surface area contributed by atoms with E-state index in [1.807, 2.05) is 54.3 Å². The molecule has 0 radical (unpaired) electrons. The van der Waals surface area contributed by atoms with E-state index in [1.165, 1.54) is 5.56 Å². The zero-order valence-electron chi connectivity index (χ0n) is 16.8. The number of benzene rings is 2.